The van der Waals surface area contributed by atoms with Crippen molar-refractivity contribution in [3.63, 3.8) is 0 Å². The van der Waals surface area contributed by atoms with E-state index in [1.807, 2.05) is 0 Å². The van der Waals surface area contributed by atoms with Gasteiger partial charge in [-0.25, -0.2) is 0 Å². The molecule has 192 valence electrons. The number of rotatable bonds is 11. The van der Waals surface area contributed by atoms with Gasteiger partial charge in [0.2, 0.25) is 0 Å². The maximum atomic E-state index is 10.9. The maximum Gasteiger partial charge on any atom is 0.306 e. The summed E-state index contributed by atoms with van der Waals surface area (Å²) in [5.41, 5.74) is 10.2. The van der Waals surface area contributed by atoms with Gasteiger partial charge in [0.05, 0.1) is 5.92 Å². The predicted octanol–water partition coefficient (Wildman–Crippen LogP) is 9.83. The highest BCUT2D eigenvalue weighted by Gasteiger charge is 2.51. The fraction of sp³-hybridized carbons (Fsp3) is 0.719. The minimum absolute atomic E-state index is 0.246. The van der Waals surface area contributed by atoms with Gasteiger partial charge in [-0.3, -0.25) is 4.79 Å². The average Bonchev–Trinajstić information content (AvgIpc) is 2.76. The van der Waals surface area contributed by atoms with Crippen LogP contribution in [0, 0.1) is 22.7 Å². The molecule has 0 amide bonds. The summed E-state index contributed by atoms with van der Waals surface area (Å²) in [6, 6.07) is 0. The van der Waals surface area contributed by atoms with Crippen LogP contribution in [0.2, 0.25) is 0 Å². The van der Waals surface area contributed by atoms with Gasteiger partial charge in [0.15, 0.2) is 0 Å². The number of carboxylic acid groups (broad SMARTS) is 1. The van der Waals surface area contributed by atoms with Crippen molar-refractivity contribution in [3.05, 3.63) is 45.6 Å². The Hall–Kier alpha value is -1.57. The molecule has 4 unspecified atom stereocenters. The number of aliphatic carboxylic acids is 1. The van der Waals surface area contributed by atoms with Crippen molar-refractivity contribution in [1.82, 2.24) is 0 Å². The molecule has 0 aromatic rings. The molecule has 0 radical (unpaired) electrons. The molecular weight excluding hydrogens is 416 g/mol. The number of hydrogen-bond donors (Lipinski definition) is 1. The van der Waals surface area contributed by atoms with E-state index in [1.54, 1.807) is 29.2 Å². The molecule has 2 heteroatoms. The second-order valence-corrected chi connectivity index (χ2v) is 12.2. The van der Waals surface area contributed by atoms with Crippen LogP contribution in [-0.4, -0.2) is 11.1 Å². The molecule has 2 nitrogen and oxygen atoms in total. The van der Waals surface area contributed by atoms with Gasteiger partial charge in [0, 0.05) is 5.41 Å². The number of fused-ring (bicyclic) bond motifs is 1. The molecule has 0 heterocycles. The van der Waals surface area contributed by atoms with E-state index in [0.29, 0.717) is 11.3 Å². The molecule has 0 aliphatic heterocycles. The summed E-state index contributed by atoms with van der Waals surface area (Å²) in [6.07, 6.45) is 16.0. The Morgan fingerprint density at radius 2 is 1.68 bits per heavy atom. The van der Waals surface area contributed by atoms with Crippen LogP contribution in [0.5, 0.6) is 0 Å². The fourth-order valence-electron chi connectivity index (χ4n) is 6.70. The van der Waals surface area contributed by atoms with Gasteiger partial charge in [-0.1, -0.05) is 73.3 Å². The number of hydrogen-bond acceptors (Lipinski definition) is 1. The molecule has 4 atom stereocenters. The Morgan fingerprint density at radius 3 is 2.32 bits per heavy atom. The third-order valence-electron chi connectivity index (χ3n) is 9.81. The summed E-state index contributed by atoms with van der Waals surface area (Å²) in [5.74, 6) is -0.270. The molecule has 1 fully saturated rings. The minimum Gasteiger partial charge on any atom is -0.481 e. The van der Waals surface area contributed by atoms with Crippen LogP contribution in [0.4, 0.5) is 0 Å². The first-order valence-electron chi connectivity index (χ1n) is 13.7. The van der Waals surface area contributed by atoms with Crippen molar-refractivity contribution in [2.75, 3.05) is 0 Å². The summed E-state index contributed by atoms with van der Waals surface area (Å²) >= 11 is 0. The van der Waals surface area contributed by atoms with Gasteiger partial charge in [-0.15, -0.1) is 0 Å². The molecule has 2 rings (SSSR count). The topological polar surface area (TPSA) is 37.3 Å². The second-order valence-electron chi connectivity index (χ2n) is 12.2. The highest BCUT2D eigenvalue weighted by Crippen LogP contribution is 2.61. The van der Waals surface area contributed by atoms with E-state index in [-0.39, 0.29) is 11.3 Å². The number of carbonyl (C=O) groups is 1. The zero-order valence-corrected chi connectivity index (χ0v) is 23.7. The SMILES string of the molecule is CC1=C(C)C2(C)C(=C(C)C1)CCC(C)(CCC/C(C)=C/CC/C(C)=C/CCC(C)C(=O)O)C2C. The first-order valence-corrected chi connectivity index (χ1v) is 13.7. The molecule has 2 aliphatic rings. The Morgan fingerprint density at radius 1 is 1.06 bits per heavy atom. The summed E-state index contributed by atoms with van der Waals surface area (Å²) in [5, 5.41) is 9.00. The van der Waals surface area contributed by atoms with Crippen LogP contribution < -0.4 is 0 Å². The highest BCUT2D eigenvalue weighted by atomic mass is 16.4. The molecule has 0 bridgehead atoms. The summed E-state index contributed by atoms with van der Waals surface area (Å²) in [7, 11) is 0. The lowest BCUT2D eigenvalue weighted by molar-refractivity contribution is -0.141. The standard InChI is InChI=1S/C32H52O2/c1-22(15-11-17-24(3)30(33)34)13-10-14-23(2)16-12-19-31(8)20-18-29-26(5)21-25(4)27(6)32(29,9)28(31)7/h14-15,24,28H,10-13,16-21H2,1-9H3,(H,33,34)/b22-15+,23-14+. The minimum atomic E-state index is -0.692. The Balaban J connectivity index is 1.86. The maximum absolute atomic E-state index is 10.9. The smallest absolute Gasteiger partial charge is 0.306 e. The molecule has 1 N–H and O–H groups in total. The number of allylic oxidation sites excluding steroid dienone is 8. The highest BCUT2D eigenvalue weighted by molar-refractivity contribution is 5.69. The van der Waals surface area contributed by atoms with Gasteiger partial charge < -0.3 is 5.11 Å². The van der Waals surface area contributed by atoms with Crippen molar-refractivity contribution < 1.29 is 9.90 Å². The third kappa shape index (κ3) is 6.55. The molecule has 0 saturated heterocycles. The van der Waals surface area contributed by atoms with Gasteiger partial charge in [-0.2, -0.15) is 0 Å². The van der Waals surface area contributed by atoms with Gasteiger partial charge in [0.25, 0.3) is 0 Å². The van der Waals surface area contributed by atoms with E-state index >= 15 is 0 Å². The van der Waals surface area contributed by atoms with Crippen LogP contribution in [0.25, 0.3) is 0 Å². The lowest BCUT2D eigenvalue weighted by atomic mass is 9.49. The summed E-state index contributed by atoms with van der Waals surface area (Å²) < 4.78 is 0. The van der Waals surface area contributed by atoms with E-state index in [0.717, 1.165) is 25.7 Å². The van der Waals surface area contributed by atoms with Gasteiger partial charge in [-0.05, 0) is 110 Å². The fourth-order valence-corrected chi connectivity index (χ4v) is 6.70. The van der Waals surface area contributed by atoms with Crippen LogP contribution in [-0.2, 0) is 4.79 Å². The molecule has 2 aliphatic carbocycles. The Bertz CT molecular complexity index is 867. The van der Waals surface area contributed by atoms with Crippen molar-refractivity contribution in [2.45, 2.75) is 127 Å². The van der Waals surface area contributed by atoms with Crippen LogP contribution in [0.1, 0.15) is 127 Å². The van der Waals surface area contributed by atoms with Crippen LogP contribution >= 0.6 is 0 Å². The molecule has 0 spiro atoms. The van der Waals surface area contributed by atoms with Gasteiger partial charge in [0.1, 0.15) is 0 Å². The van der Waals surface area contributed by atoms with Crippen molar-refractivity contribution in [1.29, 1.82) is 0 Å². The lowest BCUT2D eigenvalue weighted by Gasteiger charge is -2.56. The quantitative estimate of drug-likeness (QED) is 0.306. The van der Waals surface area contributed by atoms with Crippen molar-refractivity contribution in [2.24, 2.45) is 22.7 Å². The van der Waals surface area contributed by atoms with Gasteiger partial charge >= 0.3 is 5.97 Å². The Kier molecular flexibility index (Phi) is 10.0. The summed E-state index contributed by atoms with van der Waals surface area (Å²) in [6.45, 7) is 21.0. The zero-order chi connectivity index (χ0) is 25.7. The first-order chi connectivity index (χ1) is 15.8. The Labute approximate surface area is 210 Å². The first kappa shape index (κ1) is 28.7. The van der Waals surface area contributed by atoms with E-state index in [4.69, 9.17) is 5.11 Å². The van der Waals surface area contributed by atoms with Crippen molar-refractivity contribution >= 4 is 5.97 Å². The lowest BCUT2D eigenvalue weighted by Crippen LogP contribution is -2.46. The number of carboxylic acids is 1. The zero-order valence-electron chi connectivity index (χ0n) is 23.7. The van der Waals surface area contributed by atoms with E-state index < -0.39 is 5.97 Å². The molecular formula is C32H52O2. The molecule has 0 aromatic carbocycles. The van der Waals surface area contributed by atoms with Crippen LogP contribution in [0.15, 0.2) is 45.6 Å². The van der Waals surface area contributed by atoms with Crippen molar-refractivity contribution in [3.8, 4) is 0 Å². The third-order valence-corrected chi connectivity index (χ3v) is 9.81. The normalized spacial score (nSPS) is 29.4. The monoisotopic (exact) mass is 468 g/mol. The van der Waals surface area contributed by atoms with Crippen LogP contribution in [0.3, 0.4) is 0 Å². The van der Waals surface area contributed by atoms with E-state index in [1.165, 1.54) is 49.7 Å². The average molecular weight is 469 g/mol. The van der Waals surface area contributed by atoms with E-state index in [9.17, 15) is 4.79 Å². The van der Waals surface area contributed by atoms with E-state index in [2.05, 4.69) is 67.5 Å². The molecule has 34 heavy (non-hydrogen) atoms. The molecule has 0 aromatic heterocycles. The summed E-state index contributed by atoms with van der Waals surface area (Å²) in [4.78, 5) is 10.9. The predicted molar refractivity (Wildman–Crippen MR) is 147 cm³/mol. The second kappa shape index (κ2) is 11.9. The largest absolute Gasteiger partial charge is 0.481 e. The molecule has 1 saturated carbocycles.